The third kappa shape index (κ3) is 5.81. The van der Waals surface area contributed by atoms with Crippen molar-refractivity contribution < 1.29 is 33.0 Å². The number of carbonyl (C=O) groups is 1. The first-order valence-corrected chi connectivity index (χ1v) is 12.5. The number of hydrogen-bond donors (Lipinski definition) is 3. The van der Waals surface area contributed by atoms with E-state index in [0.717, 1.165) is 0 Å². The van der Waals surface area contributed by atoms with Crippen LogP contribution in [0.15, 0.2) is 43.0 Å². The zero-order chi connectivity index (χ0) is 25.7. The van der Waals surface area contributed by atoms with E-state index in [4.69, 9.17) is 30.7 Å². The summed E-state index contributed by atoms with van der Waals surface area (Å²) in [4.78, 5) is 24.4. The van der Waals surface area contributed by atoms with Crippen LogP contribution in [-0.2, 0) is 23.4 Å². The number of hydrogen-bond acceptors (Lipinski definition) is 11. The molecule has 4 N–H and O–H groups in total. The van der Waals surface area contributed by atoms with Crippen LogP contribution >= 0.6 is 7.75 Å². The van der Waals surface area contributed by atoms with Crippen LogP contribution in [0.5, 0.6) is 5.75 Å². The van der Waals surface area contributed by atoms with Crippen LogP contribution in [0.25, 0.3) is 11.2 Å². The van der Waals surface area contributed by atoms with E-state index in [1.165, 1.54) is 19.6 Å². The molecule has 1 aromatic carbocycles. The van der Waals surface area contributed by atoms with E-state index in [0.29, 0.717) is 11.2 Å². The molecule has 0 saturated carbocycles. The summed E-state index contributed by atoms with van der Waals surface area (Å²) in [6, 6.07) is 7.21. The average Bonchev–Trinajstić information content (AvgIpc) is 3.46. The van der Waals surface area contributed by atoms with Gasteiger partial charge in [0.15, 0.2) is 18.1 Å². The normalized spacial score (nSPS) is 22.0. The molecule has 2 aromatic heterocycles. The lowest BCUT2D eigenvalue weighted by Crippen LogP contribution is -2.36. The predicted molar refractivity (Wildman–Crippen MR) is 127 cm³/mol. The Labute approximate surface area is 206 Å². The molecule has 1 aliphatic rings. The summed E-state index contributed by atoms with van der Waals surface area (Å²) < 4.78 is 37.2. The highest BCUT2D eigenvalue weighted by molar-refractivity contribution is 7.52. The number of rotatable bonds is 10. The fourth-order valence-electron chi connectivity index (χ4n) is 3.53. The molecular formula is C22H25N6O7P. The van der Waals surface area contributed by atoms with Gasteiger partial charge in [0.25, 0.3) is 0 Å². The molecule has 3 heterocycles. The lowest BCUT2D eigenvalue weighted by Gasteiger charge is -2.24. The lowest BCUT2D eigenvalue weighted by atomic mass is 10.2. The molecule has 3 aromatic rings. The SMILES string of the molecule is C#CCOC(=O)[C@H](C)N[P@](=O)(OC[C@@H]1O[C@H](n2cnc3c(N)ncnc32)C[C@H]1O)Oc1ccccc1. The van der Waals surface area contributed by atoms with Crippen molar-refractivity contribution in [1.82, 2.24) is 24.6 Å². The van der Waals surface area contributed by atoms with E-state index >= 15 is 0 Å². The standard InChI is InChI=1S/C22H25N6O7P/c1-3-9-32-22(30)14(2)27-36(31,35-15-7-5-4-6-8-15)33-11-17-16(29)10-18(34-17)28-13-26-19-20(23)24-12-25-21(19)28/h1,4-8,12-14,16-18,29H,9-11H2,2H3,(H,27,31)(H2,23,24,25)/t14-,16+,17-,18-,36-/m0/s1. The van der Waals surface area contributed by atoms with E-state index in [2.05, 4.69) is 26.0 Å². The Bertz CT molecular complexity index is 1300. The van der Waals surface area contributed by atoms with Crippen LogP contribution in [0, 0.1) is 12.3 Å². The van der Waals surface area contributed by atoms with Crippen molar-refractivity contribution in [1.29, 1.82) is 0 Å². The highest BCUT2D eigenvalue weighted by Crippen LogP contribution is 2.46. The Morgan fingerprint density at radius 2 is 2.17 bits per heavy atom. The van der Waals surface area contributed by atoms with Gasteiger partial charge in [-0.1, -0.05) is 24.1 Å². The van der Waals surface area contributed by atoms with Crippen molar-refractivity contribution in [2.45, 2.75) is 37.8 Å². The number of nitrogens with two attached hydrogens (primary N) is 1. The molecule has 36 heavy (non-hydrogen) atoms. The monoisotopic (exact) mass is 516 g/mol. The first-order chi connectivity index (χ1) is 17.3. The maximum absolute atomic E-state index is 13.6. The summed E-state index contributed by atoms with van der Waals surface area (Å²) in [5, 5.41) is 13.1. The van der Waals surface area contributed by atoms with Gasteiger partial charge in [-0.25, -0.2) is 19.5 Å². The predicted octanol–water partition coefficient (Wildman–Crippen LogP) is 1.42. The molecule has 0 aliphatic carbocycles. The van der Waals surface area contributed by atoms with Crippen molar-refractivity contribution in [2.75, 3.05) is 18.9 Å². The minimum Gasteiger partial charge on any atom is -0.451 e. The second-order valence-electron chi connectivity index (χ2n) is 7.88. The minimum absolute atomic E-state index is 0.190. The topological polar surface area (TPSA) is 173 Å². The van der Waals surface area contributed by atoms with Crippen LogP contribution in [0.1, 0.15) is 19.6 Å². The van der Waals surface area contributed by atoms with Crippen LogP contribution < -0.4 is 15.3 Å². The first kappa shape index (κ1) is 25.6. The number of terminal acetylenes is 1. The van der Waals surface area contributed by atoms with Gasteiger partial charge in [-0.3, -0.25) is 13.9 Å². The van der Waals surface area contributed by atoms with E-state index in [1.54, 1.807) is 34.9 Å². The number of fused-ring (bicyclic) bond motifs is 1. The van der Waals surface area contributed by atoms with Crippen molar-refractivity contribution in [3.63, 3.8) is 0 Å². The lowest BCUT2D eigenvalue weighted by molar-refractivity contribution is -0.143. The number of benzene rings is 1. The van der Waals surface area contributed by atoms with Gasteiger partial charge in [0.05, 0.1) is 19.0 Å². The number of para-hydroxylation sites is 1. The molecule has 13 nitrogen and oxygen atoms in total. The number of imidazole rings is 1. The molecule has 1 aliphatic heterocycles. The van der Waals surface area contributed by atoms with E-state index < -0.39 is 38.2 Å². The Kier molecular flexibility index (Phi) is 7.83. The van der Waals surface area contributed by atoms with Crippen LogP contribution in [-0.4, -0.2) is 62.1 Å². The van der Waals surface area contributed by atoms with Gasteiger partial charge in [-0.2, -0.15) is 5.09 Å². The number of aliphatic hydroxyl groups is 1. The molecule has 0 bridgehead atoms. The van der Waals surface area contributed by atoms with E-state index in [1.807, 2.05) is 0 Å². The average molecular weight is 516 g/mol. The number of aromatic nitrogens is 4. The van der Waals surface area contributed by atoms with Crippen molar-refractivity contribution >= 4 is 30.7 Å². The molecule has 5 atom stereocenters. The van der Waals surface area contributed by atoms with Crippen molar-refractivity contribution in [2.24, 2.45) is 0 Å². The maximum atomic E-state index is 13.6. The number of anilines is 1. The third-order valence-electron chi connectivity index (χ3n) is 5.28. The number of esters is 1. The molecule has 4 rings (SSSR count). The van der Waals surface area contributed by atoms with Gasteiger partial charge < -0.3 is 24.8 Å². The Morgan fingerprint density at radius 3 is 2.92 bits per heavy atom. The second kappa shape index (κ2) is 11.0. The van der Waals surface area contributed by atoms with Crippen molar-refractivity contribution in [3.8, 4) is 18.1 Å². The number of nitrogen functional groups attached to an aromatic ring is 1. The number of carbonyl (C=O) groups excluding carboxylic acids is 1. The van der Waals surface area contributed by atoms with Gasteiger partial charge in [0, 0.05) is 6.42 Å². The number of aliphatic hydroxyl groups excluding tert-OH is 1. The Balaban J connectivity index is 1.46. The van der Waals surface area contributed by atoms with Gasteiger partial charge in [0.1, 0.15) is 36.0 Å². The van der Waals surface area contributed by atoms with E-state index in [-0.39, 0.29) is 31.2 Å². The Hall–Kier alpha value is -3.53. The van der Waals surface area contributed by atoms with E-state index in [9.17, 15) is 14.5 Å². The maximum Gasteiger partial charge on any atom is 0.459 e. The summed E-state index contributed by atoms with van der Waals surface area (Å²) in [6.45, 7) is 0.876. The van der Waals surface area contributed by atoms with Crippen molar-refractivity contribution in [3.05, 3.63) is 43.0 Å². The molecule has 1 fully saturated rings. The highest BCUT2D eigenvalue weighted by atomic mass is 31.2. The van der Waals surface area contributed by atoms with Gasteiger partial charge in [0.2, 0.25) is 0 Å². The van der Waals surface area contributed by atoms with Crippen LogP contribution in [0.2, 0.25) is 0 Å². The summed E-state index contributed by atoms with van der Waals surface area (Å²) in [7, 11) is -4.14. The van der Waals surface area contributed by atoms with Crippen LogP contribution in [0.4, 0.5) is 5.82 Å². The smallest absolute Gasteiger partial charge is 0.451 e. The number of nitrogens with one attached hydrogen (secondary N) is 1. The first-order valence-electron chi connectivity index (χ1n) is 10.9. The fourth-order valence-corrected chi connectivity index (χ4v) is 5.03. The summed E-state index contributed by atoms with van der Waals surface area (Å²) in [6.07, 6.45) is 5.63. The molecule has 0 amide bonds. The molecular weight excluding hydrogens is 491 g/mol. The minimum atomic E-state index is -4.14. The number of nitrogens with zero attached hydrogens (tertiary/aromatic N) is 4. The second-order valence-corrected chi connectivity index (χ2v) is 9.57. The third-order valence-corrected chi connectivity index (χ3v) is 6.93. The Morgan fingerprint density at radius 1 is 1.39 bits per heavy atom. The summed E-state index contributed by atoms with van der Waals surface area (Å²) >= 11 is 0. The van der Waals surface area contributed by atoms with Gasteiger partial charge in [-0.05, 0) is 19.1 Å². The summed E-state index contributed by atoms with van der Waals surface area (Å²) in [5.41, 5.74) is 6.69. The largest absolute Gasteiger partial charge is 0.459 e. The number of ether oxygens (including phenoxy) is 2. The molecule has 0 unspecified atom stereocenters. The fraction of sp³-hybridized carbons (Fsp3) is 0.364. The summed E-state index contributed by atoms with van der Waals surface area (Å²) in [5.74, 6) is 1.91. The molecule has 0 radical (unpaired) electrons. The van der Waals surface area contributed by atoms with Crippen LogP contribution in [0.3, 0.4) is 0 Å². The molecule has 190 valence electrons. The zero-order valence-corrected chi connectivity index (χ0v) is 20.2. The highest BCUT2D eigenvalue weighted by Gasteiger charge is 2.39. The molecule has 14 heteroatoms. The molecule has 1 saturated heterocycles. The molecule has 0 spiro atoms. The van der Waals surface area contributed by atoms with Gasteiger partial charge in [-0.15, -0.1) is 6.42 Å². The zero-order valence-electron chi connectivity index (χ0n) is 19.3. The van der Waals surface area contributed by atoms with Gasteiger partial charge >= 0.3 is 13.7 Å². The quantitative estimate of drug-likeness (QED) is 0.201.